The highest BCUT2D eigenvalue weighted by Crippen LogP contribution is 2.04. The van der Waals surface area contributed by atoms with E-state index in [1.54, 1.807) is 0 Å². The van der Waals surface area contributed by atoms with E-state index < -0.39 is 0 Å². The van der Waals surface area contributed by atoms with Crippen LogP contribution in [0.25, 0.3) is 0 Å². The molecule has 1 atom stereocenters. The number of morpholine rings is 1. The van der Waals surface area contributed by atoms with Gasteiger partial charge in [0.25, 0.3) is 0 Å². The summed E-state index contributed by atoms with van der Waals surface area (Å²) in [5.41, 5.74) is 0. The van der Waals surface area contributed by atoms with Gasteiger partial charge < -0.3 is 10.1 Å². The lowest BCUT2D eigenvalue weighted by Gasteiger charge is -2.32. The van der Waals surface area contributed by atoms with Gasteiger partial charge in [-0.3, -0.25) is 9.69 Å². The van der Waals surface area contributed by atoms with Crippen LogP contribution in [0.1, 0.15) is 20.8 Å². The lowest BCUT2D eigenvalue weighted by atomic mass is 10.2. The van der Waals surface area contributed by atoms with Crippen molar-refractivity contribution < 1.29 is 9.53 Å². The van der Waals surface area contributed by atoms with Gasteiger partial charge in [-0.05, 0) is 6.54 Å². The number of likely N-dealkylation sites (N-methyl/N-ethyl adjacent to an activating group) is 1. The van der Waals surface area contributed by atoms with Crippen molar-refractivity contribution >= 4 is 5.91 Å². The van der Waals surface area contributed by atoms with Gasteiger partial charge in [0.2, 0.25) is 5.91 Å². The van der Waals surface area contributed by atoms with Crippen molar-refractivity contribution in [2.45, 2.75) is 26.9 Å². The van der Waals surface area contributed by atoms with Gasteiger partial charge in [-0.2, -0.15) is 0 Å². The van der Waals surface area contributed by atoms with Crippen LogP contribution in [0.5, 0.6) is 0 Å². The minimum Gasteiger partial charge on any atom is -0.374 e. The van der Waals surface area contributed by atoms with Crippen molar-refractivity contribution in [1.82, 2.24) is 10.2 Å². The highest BCUT2D eigenvalue weighted by Gasteiger charge is 2.19. The van der Waals surface area contributed by atoms with E-state index in [2.05, 4.69) is 17.1 Å². The van der Waals surface area contributed by atoms with Gasteiger partial charge in [-0.25, -0.2) is 0 Å². The average molecular weight is 214 g/mol. The number of amides is 1. The Morgan fingerprint density at radius 1 is 1.60 bits per heavy atom. The second kappa shape index (κ2) is 6.08. The molecule has 0 aromatic rings. The van der Waals surface area contributed by atoms with Crippen molar-refractivity contribution in [3.05, 3.63) is 0 Å². The predicted octanol–water partition coefficient (Wildman–Crippen LogP) is 0.479. The number of hydrogen-bond donors (Lipinski definition) is 1. The number of carbonyl (C=O) groups excluding carboxylic acids is 1. The molecule has 0 aromatic heterocycles. The van der Waals surface area contributed by atoms with Crippen molar-refractivity contribution in [3.8, 4) is 0 Å². The summed E-state index contributed by atoms with van der Waals surface area (Å²) in [5, 5.41) is 2.91. The zero-order valence-corrected chi connectivity index (χ0v) is 9.95. The monoisotopic (exact) mass is 214 g/mol. The molecular weight excluding hydrogens is 192 g/mol. The zero-order chi connectivity index (χ0) is 11.3. The summed E-state index contributed by atoms with van der Waals surface area (Å²) < 4.78 is 5.58. The molecule has 1 fully saturated rings. The van der Waals surface area contributed by atoms with Gasteiger partial charge in [0.05, 0.1) is 12.7 Å². The third-order valence-corrected chi connectivity index (χ3v) is 2.70. The van der Waals surface area contributed by atoms with Crippen LogP contribution in [0.2, 0.25) is 0 Å². The molecule has 15 heavy (non-hydrogen) atoms. The van der Waals surface area contributed by atoms with Crippen LogP contribution in [0.3, 0.4) is 0 Å². The van der Waals surface area contributed by atoms with Gasteiger partial charge in [0.1, 0.15) is 0 Å². The van der Waals surface area contributed by atoms with Gasteiger partial charge in [0, 0.05) is 25.6 Å². The van der Waals surface area contributed by atoms with Crippen LogP contribution < -0.4 is 5.32 Å². The molecule has 0 radical (unpaired) electrons. The van der Waals surface area contributed by atoms with Crippen LogP contribution in [0, 0.1) is 5.92 Å². The SMILES string of the molecule is CCN1CCOC(CNC(=O)C(C)C)C1. The lowest BCUT2D eigenvalue weighted by Crippen LogP contribution is -2.47. The average Bonchev–Trinajstić information content (AvgIpc) is 2.26. The van der Waals surface area contributed by atoms with Gasteiger partial charge in [-0.15, -0.1) is 0 Å². The van der Waals surface area contributed by atoms with Crippen LogP contribution >= 0.6 is 0 Å². The molecule has 0 saturated carbocycles. The largest absolute Gasteiger partial charge is 0.374 e. The Balaban J connectivity index is 2.23. The van der Waals surface area contributed by atoms with E-state index in [0.29, 0.717) is 6.54 Å². The van der Waals surface area contributed by atoms with Crippen LogP contribution in [-0.4, -0.2) is 49.7 Å². The molecule has 0 spiro atoms. The Morgan fingerprint density at radius 3 is 2.93 bits per heavy atom. The first-order valence-corrected chi connectivity index (χ1v) is 5.75. The molecule has 1 N–H and O–H groups in total. The van der Waals surface area contributed by atoms with E-state index in [4.69, 9.17) is 4.74 Å². The first-order chi connectivity index (χ1) is 7.13. The minimum atomic E-state index is 0.0517. The highest BCUT2D eigenvalue weighted by molar-refractivity contribution is 5.77. The summed E-state index contributed by atoms with van der Waals surface area (Å²) in [6.07, 6.45) is 0.154. The quantitative estimate of drug-likeness (QED) is 0.740. The van der Waals surface area contributed by atoms with Crippen molar-refractivity contribution in [2.24, 2.45) is 5.92 Å². The van der Waals surface area contributed by atoms with Gasteiger partial charge in [0.15, 0.2) is 0 Å². The van der Waals surface area contributed by atoms with E-state index in [9.17, 15) is 4.79 Å². The molecule has 1 amide bonds. The van der Waals surface area contributed by atoms with E-state index in [1.807, 2.05) is 13.8 Å². The molecule has 88 valence electrons. The minimum absolute atomic E-state index is 0.0517. The molecular formula is C11H22N2O2. The fraction of sp³-hybridized carbons (Fsp3) is 0.909. The molecule has 1 aliphatic rings. The predicted molar refractivity (Wildman–Crippen MR) is 59.7 cm³/mol. The highest BCUT2D eigenvalue weighted by atomic mass is 16.5. The number of hydrogen-bond acceptors (Lipinski definition) is 3. The Bertz CT molecular complexity index is 207. The van der Waals surface area contributed by atoms with Crippen LogP contribution in [-0.2, 0) is 9.53 Å². The van der Waals surface area contributed by atoms with Crippen molar-refractivity contribution in [1.29, 1.82) is 0 Å². The summed E-state index contributed by atoms with van der Waals surface area (Å²) in [5.74, 6) is 0.156. The second-order valence-corrected chi connectivity index (χ2v) is 4.29. The number of carbonyl (C=O) groups is 1. The second-order valence-electron chi connectivity index (χ2n) is 4.29. The molecule has 1 unspecified atom stereocenters. The molecule has 0 aromatic carbocycles. The van der Waals surface area contributed by atoms with Crippen LogP contribution in [0.4, 0.5) is 0 Å². The van der Waals surface area contributed by atoms with Gasteiger partial charge in [-0.1, -0.05) is 20.8 Å². The normalized spacial score (nSPS) is 23.1. The first kappa shape index (κ1) is 12.5. The third-order valence-electron chi connectivity index (χ3n) is 2.70. The van der Waals surface area contributed by atoms with Crippen molar-refractivity contribution in [2.75, 3.05) is 32.8 Å². The number of ether oxygens (including phenoxy) is 1. The molecule has 0 bridgehead atoms. The van der Waals surface area contributed by atoms with E-state index in [0.717, 1.165) is 26.2 Å². The fourth-order valence-corrected chi connectivity index (χ4v) is 1.61. The summed E-state index contributed by atoms with van der Waals surface area (Å²) >= 11 is 0. The molecule has 4 nitrogen and oxygen atoms in total. The Hall–Kier alpha value is -0.610. The third kappa shape index (κ3) is 4.18. The van der Waals surface area contributed by atoms with E-state index in [1.165, 1.54) is 0 Å². The Labute approximate surface area is 92.0 Å². The smallest absolute Gasteiger partial charge is 0.222 e. The summed E-state index contributed by atoms with van der Waals surface area (Å²) in [7, 11) is 0. The number of rotatable bonds is 4. The molecule has 4 heteroatoms. The zero-order valence-electron chi connectivity index (χ0n) is 9.95. The topological polar surface area (TPSA) is 41.6 Å². The number of nitrogens with zero attached hydrogens (tertiary/aromatic N) is 1. The molecule has 1 heterocycles. The van der Waals surface area contributed by atoms with E-state index in [-0.39, 0.29) is 17.9 Å². The fourth-order valence-electron chi connectivity index (χ4n) is 1.61. The Kier molecular flexibility index (Phi) is 5.05. The number of nitrogens with one attached hydrogen (secondary N) is 1. The van der Waals surface area contributed by atoms with Crippen molar-refractivity contribution in [3.63, 3.8) is 0 Å². The van der Waals surface area contributed by atoms with Crippen LogP contribution in [0.15, 0.2) is 0 Å². The maximum atomic E-state index is 11.4. The standard InChI is InChI=1S/C11H22N2O2/c1-4-13-5-6-15-10(8-13)7-12-11(14)9(2)3/h9-10H,4-8H2,1-3H3,(H,12,14). The molecule has 1 aliphatic heterocycles. The molecule has 1 rings (SSSR count). The molecule has 1 saturated heterocycles. The maximum Gasteiger partial charge on any atom is 0.222 e. The first-order valence-electron chi connectivity index (χ1n) is 5.75. The summed E-state index contributed by atoms with van der Waals surface area (Å²) in [4.78, 5) is 13.7. The van der Waals surface area contributed by atoms with E-state index >= 15 is 0 Å². The summed E-state index contributed by atoms with van der Waals surface area (Å²) in [6, 6.07) is 0. The maximum absolute atomic E-state index is 11.4. The Morgan fingerprint density at radius 2 is 2.33 bits per heavy atom. The van der Waals surface area contributed by atoms with Gasteiger partial charge >= 0.3 is 0 Å². The lowest BCUT2D eigenvalue weighted by molar-refractivity contribution is -0.125. The summed E-state index contributed by atoms with van der Waals surface area (Å²) in [6.45, 7) is 10.3. The molecule has 0 aliphatic carbocycles.